The van der Waals surface area contributed by atoms with Gasteiger partial charge in [-0.3, -0.25) is 4.79 Å². The van der Waals surface area contributed by atoms with Gasteiger partial charge in [0, 0.05) is 24.6 Å². The lowest BCUT2D eigenvalue weighted by Crippen LogP contribution is -2.46. The Balaban J connectivity index is 2.13. The summed E-state index contributed by atoms with van der Waals surface area (Å²) in [6.07, 6.45) is 1.09. The zero-order chi connectivity index (χ0) is 16.1. The van der Waals surface area contributed by atoms with Gasteiger partial charge in [0.15, 0.2) is 11.5 Å². The highest BCUT2D eigenvalue weighted by Gasteiger charge is 2.58. The molecule has 0 bridgehead atoms. The second kappa shape index (κ2) is 4.85. The summed E-state index contributed by atoms with van der Waals surface area (Å²) < 4.78 is 35.8. The highest BCUT2D eigenvalue weighted by Crippen LogP contribution is 2.52. The fourth-order valence-electron chi connectivity index (χ4n) is 3.26. The van der Waals surface area contributed by atoms with Crippen molar-refractivity contribution in [3.8, 4) is 11.5 Å². The number of carboxylic acids is 1. The number of hydrogen-bond donors (Lipinski definition) is 1. The van der Waals surface area contributed by atoms with Gasteiger partial charge in [-0.05, 0) is 6.07 Å². The van der Waals surface area contributed by atoms with Gasteiger partial charge in [0.25, 0.3) is 0 Å². The number of carbonyl (C=O) groups is 1. The molecule has 1 aromatic carbocycles. The molecule has 2 atom stereocenters. The third-order valence-corrected chi connectivity index (χ3v) is 5.70. The number of hydrogen-bond acceptors (Lipinski definition) is 5. The summed E-state index contributed by atoms with van der Waals surface area (Å²) in [5, 5.41) is 9.70. The molecule has 1 N–H and O–H groups in total. The van der Waals surface area contributed by atoms with E-state index in [4.69, 9.17) is 9.47 Å². The maximum Gasteiger partial charge on any atom is 0.315 e. The van der Waals surface area contributed by atoms with Crippen LogP contribution in [-0.4, -0.2) is 56.9 Å². The van der Waals surface area contributed by atoms with Crippen molar-refractivity contribution in [3.05, 3.63) is 23.8 Å². The highest BCUT2D eigenvalue weighted by atomic mass is 32.2. The number of rotatable bonds is 3. The first-order valence-corrected chi connectivity index (χ1v) is 8.62. The largest absolute Gasteiger partial charge is 0.493 e. The molecule has 8 heteroatoms. The van der Waals surface area contributed by atoms with Crippen LogP contribution in [0.15, 0.2) is 18.2 Å². The molecule has 1 aromatic rings. The molecule has 7 nitrogen and oxygen atoms in total. The van der Waals surface area contributed by atoms with Crippen LogP contribution in [0.3, 0.4) is 0 Å². The fourth-order valence-corrected chi connectivity index (χ4v) is 4.15. The monoisotopic (exact) mass is 327 g/mol. The third kappa shape index (κ3) is 2.05. The Labute approximate surface area is 128 Å². The van der Waals surface area contributed by atoms with E-state index in [1.54, 1.807) is 18.2 Å². The fraction of sp³-hybridized carbons (Fsp3) is 0.500. The van der Waals surface area contributed by atoms with Crippen molar-refractivity contribution in [1.29, 1.82) is 0 Å². The molecule has 0 unspecified atom stereocenters. The summed E-state index contributed by atoms with van der Waals surface area (Å²) in [6, 6.07) is 5.25. The number of methoxy groups -OCH3 is 1. The molecule has 2 heterocycles. The summed E-state index contributed by atoms with van der Waals surface area (Å²) >= 11 is 0. The first-order valence-electron chi connectivity index (χ1n) is 6.78. The maximum atomic E-state index is 11.9. The van der Waals surface area contributed by atoms with E-state index in [2.05, 4.69) is 0 Å². The second-order valence-electron chi connectivity index (χ2n) is 5.74. The Morgan fingerprint density at radius 3 is 2.82 bits per heavy atom. The molecule has 0 aromatic heterocycles. The molecule has 22 heavy (non-hydrogen) atoms. The Morgan fingerprint density at radius 1 is 1.50 bits per heavy atom. The van der Waals surface area contributed by atoms with Gasteiger partial charge < -0.3 is 14.6 Å². The first kappa shape index (κ1) is 15.1. The predicted molar refractivity (Wildman–Crippen MR) is 77.7 cm³/mol. The van der Waals surface area contributed by atoms with E-state index in [9.17, 15) is 18.3 Å². The van der Waals surface area contributed by atoms with Crippen LogP contribution in [0, 0.1) is 5.41 Å². The van der Waals surface area contributed by atoms with Gasteiger partial charge in [0.2, 0.25) is 10.0 Å². The number of aliphatic carboxylic acids is 1. The molecule has 2 aliphatic heterocycles. The quantitative estimate of drug-likeness (QED) is 0.870. The minimum atomic E-state index is -3.47. The lowest BCUT2D eigenvalue weighted by molar-refractivity contribution is -0.151. The van der Waals surface area contributed by atoms with Gasteiger partial charge in [-0.2, -0.15) is 0 Å². The van der Waals surface area contributed by atoms with E-state index in [-0.39, 0.29) is 19.7 Å². The van der Waals surface area contributed by atoms with E-state index < -0.39 is 27.3 Å². The number of ether oxygens (including phenoxy) is 2. The Morgan fingerprint density at radius 2 is 2.23 bits per heavy atom. The highest BCUT2D eigenvalue weighted by molar-refractivity contribution is 7.88. The van der Waals surface area contributed by atoms with Crippen molar-refractivity contribution in [2.45, 2.75) is 5.92 Å². The zero-order valence-electron chi connectivity index (χ0n) is 12.3. The molecule has 3 rings (SSSR count). The average molecular weight is 327 g/mol. The van der Waals surface area contributed by atoms with Gasteiger partial charge in [-0.1, -0.05) is 12.1 Å². The van der Waals surface area contributed by atoms with Gasteiger partial charge in [0.05, 0.1) is 13.4 Å². The Bertz CT molecular complexity index is 731. The van der Waals surface area contributed by atoms with E-state index in [1.807, 2.05) is 0 Å². The van der Waals surface area contributed by atoms with E-state index in [0.29, 0.717) is 17.1 Å². The van der Waals surface area contributed by atoms with Crippen molar-refractivity contribution < 1.29 is 27.8 Å². The summed E-state index contributed by atoms with van der Waals surface area (Å²) in [6.45, 7) is -0.0243. The molecule has 2 aliphatic rings. The molecule has 120 valence electrons. The number of carboxylic acid groups (broad SMARTS) is 1. The Kier molecular flexibility index (Phi) is 3.33. The van der Waals surface area contributed by atoms with Gasteiger partial charge >= 0.3 is 5.97 Å². The SMILES string of the molecule is COc1cccc2c1OC[C@@]1(C(=O)O)CN(S(C)(=O)=O)C[C@@H]21. The van der Waals surface area contributed by atoms with Crippen molar-refractivity contribution in [1.82, 2.24) is 4.31 Å². The van der Waals surface area contributed by atoms with E-state index >= 15 is 0 Å². The predicted octanol–water partition coefficient (Wildman–Crippen LogP) is 0.517. The molecule has 0 radical (unpaired) electrons. The van der Waals surface area contributed by atoms with Gasteiger partial charge in [0.1, 0.15) is 12.0 Å². The van der Waals surface area contributed by atoms with Crippen molar-refractivity contribution in [3.63, 3.8) is 0 Å². The van der Waals surface area contributed by atoms with Gasteiger partial charge in [-0.15, -0.1) is 0 Å². The summed E-state index contributed by atoms with van der Waals surface area (Å²) in [5.41, 5.74) is -0.582. The minimum absolute atomic E-state index is 0.0770. The summed E-state index contributed by atoms with van der Waals surface area (Å²) in [5.74, 6) is -0.479. The van der Waals surface area contributed by atoms with Crippen molar-refractivity contribution >= 4 is 16.0 Å². The van der Waals surface area contributed by atoms with Crippen LogP contribution in [0.1, 0.15) is 11.5 Å². The van der Waals surface area contributed by atoms with Crippen LogP contribution in [0.4, 0.5) is 0 Å². The molecular weight excluding hydrogens is 310 g/mol. The molecule has 0 spiro atoms. The zero-order valence-corrected chi connectivity index (χ0v) is 13.1. The molecule has 1 saturated heterocycles. The number of nitrogens with zero attached hydrogens (tertiary/aromatic N) is 1. The minimum Gasteiger partial charge on any atom is -0.493 e. The molecule has 0 amide bonds. The Hall–Kier alpha value is -1.80. The standard InChI is InChI=1S/C14H17NO6S/c1-20-11-5-3-4-9-10-6-15(22(2,18)19)7-14(10,13(16)17)8-21-12(9)11/h3-5,10H,6-8H2,1-2H3,(H,16,17)/t10-,14-/m0/s1. The lowest BCUT2D eigenvalue weighted by Gasteiger charge is -2.36. The van der Waals surface area contributed by atoms with Gasteiger partial charge in [-0.25, -0.2) is 12.7 Å². The third-order valence-electron chi connectivity index (χ3n) is 4.49. The average Bonchev–Trinajstić information content (AvgIpc) is 2.88. The van der Waals surface area contributed by atoms with Crippen molar-refractivity contribution in [2.24, 2.45) is 5.41 Å². The topological polar surface area (TPSA) is 93.1 Å². The summed E-state index contributed by atoms with van der Waals surface area (Å²) in [7, 11) is -1.96. The lowest BCUT2D eigenvalue weighted by atomic mass is 9.73. The van der Waals surface area contributed by atoms with Crippen LogP contribution in [0.5, 0.6) is 11.5 Å². The molecule has 0 aliphatic carbocycles. The molecular formula is C14H17NO6S. The van der Waals surface area contributed by atoms with Crippen LogP contribution < -0.4 is 9.47 Å². The number of fused-ring (bicyclic) bond motifs is 3. The number of sulfonamides is 1. The van der Waals surface area contributed by atoms with E-state index in [0.717, 1.165) is 6.26 Å². The number of benzene rings is 1. The van der Waals surface area contributed by atoms with Crippen LogP contribution in [0.2, 0.25) is 0 Å². The smallest absolute Gasteiger partial charge is 0.315 e. The molecule has 1 fully saturated rings. The maximum absolute atomic E-state index is 11.9. The van der Waals surface area contributed by atoms with E-state index in [1.165, 1.54) is 11.4 Å². The summed E-state index contributed by atoms with van der Waals surface area (Å²) in [4.78, 5) is 11.9. The van der Waals surface area contributed by atoms with Crippen LogP contribution in [0.25, 0.3) is 0 Å². The van der Waals surface area contributed by atoms with Crippen molar-refractivity contribution in [2.75, 3.05) is 33.1 Å². The van der Waals surface area contributed by atoms with Crippen LogP contribution >= 0.6 is 0 Å². The number of para-hydroxylation sites is 1. The van der Waals surface area contributed by atoms with Crippen LogP contribution in [-0.2, 0) is 14.8 Å². The second-order valence-corrected chi connectivity index (χ2v) is 7.72. The first-order chi connectivity index (χ1) is 10.3. The normalized spacial score (nSPS) is 27.6. The molecule has 0 saturated carbocycles.